The molecule has 2 rings (SSSR count). The molecule has 0 saturated heterocycles. The number of phenols is 1. The van der Waals surface area contributed by atoms with Gasteiger partial charge in [-0.2, -0.15) is 0 Å². The molecule has 1 heterocycles. The summed E-state index contributed by atoms with van der Waals surface area (Å²) in [6, 6.07) is 8.87. The fraction of sp³-hybridized carbons (Fsp3) is 0.167. The van der Waals surface area contributed by atoms with Gasteiger partial charge < -0.3 is 10.8 Å². The van der Waals surface area contributed by atoms with Crippen LogP contribution in [0.5, 0.6) is 5.75 Å². The normalized spacial score (nSPS) is 10.3. The van der Waals surface area contributed by atoms with E-state index in [-0.39, 0.29) is 5.75 Å². The van der Waals surface area contributed by atoms with Crippen LogP contribution in [0.3, 0.4) is 0 Å². The smallest absolute Gasteiger partial charge is 0.130 e. The van der Waals surface area contributed by atoms with Gasteiger partial charge in [0.25, 0.3) is 0 Å². The number of benzene rings is 1. The molecule has 4 nitrogen and oxygen atoms in total. The number of nitrogens with zero attached hydrogens (tertiary/aromatic N) is 2. The molecule has 3 N–H and O–H groups in total. The summed E-state index contributed by atoms with van der Waals surface area (Å²) in [5, 5.41) is 9.70. The maximum atomic E-state index is 9.70. The summed E-state index contributed by atoms with van der Waals surface area (Å²) in [5.74, 6) is 0.920. The van der Waals surface area contributed by atoms with Crippen molar-refractivity contribution in [1.29, 1.82) is 0 Å². The lowest BCUT2D eigenvalue weighted by Crippen LogP contribution is -2.06. The van der Waals surface area contributed by atoms with E-state index in [1.807, 2.05) is 12.1 Å². The zero-order chi connectivity index (χ0) is 11.4. The summed E-state index contributed by atoms with van der Waals surface area (Å²) in [4.78, 5) is 8.45. The number of nitrogens with two attached hydrogens (primary N) is 1. The van der Waals surface area contributed by atoms with Gasteiger partial charge in [0, 0.05) is 18.2 Å². The van der Waals surface area contributed by atoms with Gasteiger partial charge in [0.05, 0.1) is 5.69 Å². The SMILES string of the molecule is NCCc1nccc(-c2ccccc2O)n1. The molecule has 0 aliphatic heterocycles. The average molecular weight is 215 g/mol. The van der Waals surface area contributed by atoms with Crippen molar-refractivity contribution in [3.05, 3.63) is 42.4 Å². The second-order valence-electron chi connectivity index (χ2n) is 3.41. The van der Waals surface area contributed by atoms with Crippen molar-refractivity contribution in [2.24, 2.45) is 5.73 Å². The van der Waals surface area contributed by atoms with Gasteiger partial charge in [-0.05, 0) is 24.7 Å². The second-order valence-corrected chi connectivity index (χ2v) is 3.41. The van der Waals surface area contributed by atoms with Crippen LogP contribution in [0, 0.1) is 0 Å². The van der Waals surface area contributed by atoms with Crippen LogP contribution in [0.15, 0.2) is 36.5 Å². The van der Waals surface area contributed by atoms with Gasteiger partial charge in [0.15, 0.2) is 0 Å². The quantitative estimate of drug-likeness (QED) is 0.810. The summed E-state index contributed by atoms with van der Waals surface area (Å²) in [7, 11) is 0. The number of aromatic nitrogens is 2. The van der Waals surface area contributed by atoms with Crippen LogP contribution in [-0.2, 0) is 6.42 Å². The molecule has 0 aliphatic rings. The van der Waals surface area contributed by atoms with Crippen LogP contribution in [0.4, 0.5) is 0 Å². The van der Waals surface area contributed by atoms with E-state index in [1.54, 1.807) is 24.4 Å². The van der Waals surface area contributed by atoms with E-state index >= 15 is 0 Å². The molecule has 0 bridgehead atoms. The Morgan fingerprint density at radius 2 is 2.00 bits per heavy atom. The van der Waals surface area contributed by atoms with Gasteiger partial charge in [0.1, 0.15) is 11.6 Å². The minimum absolute atomic E-state index is 0.222. The Morgan fingerprint density at radius 3 is 2.75 bits per heavy atom. The van der Waals surface area contributed by atoms with E-state index in [0.717, 1.165) is 5.69 Å². The predicted molar refractivity (Wildman–Crippen MR) is 61.9 cm³/mol. The molecule has 0 aliphatic carbocycles. The molecule has 82 valence electrons. The first kappa shape index (κ1) is 10.6. The molecule has 0 radical (unpaired) electrons. The number of phenolic OH excluding ortho intramolecular Hbond substituents is 1. The highest BCUT2D eigenvalue weighted by Gasteiger charge is 2.05. The molecule has 0 unspecified atom stereocenters. The summed E-state index contributed by atoms with van der Waals surface area (Å²) in [6.45, 7) is 0.518. The van der Waals surface area contributed by atoms with Crippen molar-refractivity contribution >= 4 is 0 Å². The molecule has 0 atom stereocenters. The van der Waals surface area contributed by atoms with Crippen molar-refractivity contribution in [2.45, 2.75) is 6.42 Å². The van der Waals surface area contributed by atoms with E-state index in [9.17, 15) is 5.11 Å². The van der Waals surface area contributed by atoms with Gasteiger partial charge in [0.2, 0.25) is 0 Å². The molecule has 0 amide bonds. The maximum Gasteiger partial charge on any atom is 0.130 e. The monoisotopic (exact) mass is 215 g/mol. The van der Waals surface area contributed by atoms with Crippen molar-refractivity contribution in [1.82, 2.24) is 9.97 Å². The van der Waals surface area contributed by atoms with Gasteiger partial charge in [-0.25, -0.2) is 9.97 Å². The van der Waals surface area contributed by atoms with Crippen LogP contribution < -0.4 is 5.73 Å². The Balaban J connectivity index is 2.40. The van der Waals surface area contributed by atoms with Crippen LogP contribution >= 0.6 is 0 Å². The van der Waals surface area contributed by atoms with Crippen LogP contribution in [0.1, 0.15) is 5.82 Å². The lowest BCUT2D eigenvalue weighted by Gasteiger charge is -2.04. The highest BCUT2D eigenvalue weighted by Crippen LogP contribution is 2.26. The number of hydrogen-bond donors (Lipinski definition) is 2. The second kappa shape index (κ2) is 4.72. The third kappa shape index (κ3) is 2.17. The fourth-order valence-electron chi connectivity index (χ4n) is 1.49. The molecule has 2 aromatic rings. The molecule has 16 heavy (non-hydrogen) atoms. The lowest BCUT2D eigenvalue weighted by molar-refractivity contribution is 0.477. The number of aromatic hydroxyl groups is 1. The summed E-state index contributed by atoms with van der Waals surface area (Å²) < 4.78 is 0. The Hall–Kier alpha value is -1.94. The first-order valence-corrected chi connectivity index (χ1v) is 5.11. The van der Waals surface area contributed by atoms with Gasteiger partial charge >= 0.3 is 0 Å². The Bertz CT molecular complexity index is 485. The van der Waals surface area contributed by atoms with Gasteiger partial charge in [-0.15, -0.1) is 0 Å². The van der Waals surface area contributed by atoms with E-state index in [1.165, 1.54) is 0 Å². The van der Waals surface area contributed by atoms with Crippen molar-refractivity contribution in [2.75, 3.05) is 6.54 Å². The van der Waals surface area contributed by atoms with Crippen molar-refractivity contribution in [3.63, 3.8) is 0 Å². The summed E-state index contributed by atoms with van der Waals surface area (Å²) >= 11 is 0. The molecular weight excluding hydrogens is 202 g/mol. The van der Waals surface area contributed by atoms with E-state index < -0.39 is 0 Å². The maximum absolute atomic E-state index is 9.70. The third-order valence-electron chi connectivity index (χ3n) is 2.25. The zero-order valence-electron chi connectivity index (χ0n) is 8.80. The molecular formula is C12H13N3O. The van der Waals surface area contributed by atoms with Crippen LogP contribution in [0.25, 0.3) is 11.3 Å². The van der Waals surface area contributed by atoms with Crippen LogP contribution in [0.2, 0.25) is 0 Å². The molecule has 0 fully saturated rings. The standard InChI is InChI=1S/C12H13N3O/c13-7-5-12-14-8-6-10(15-12)9-3-1-2-4-11(9)16/h1-4,6,8,16H,5,7,13H2. The van der Waals surface area contributed by atoms with E-state index in [2.05, 4.69) is 9.97 Å². The Morgan fingerprint density at radius 1 is 1.19 bits per heavy atom. The van der Waals surface area contributed by atoms with Gasteiger partial charge in [-0.3, -0.25) is 0 Å². The van der Waals surface area contributed by atoms with Crippen molar-refractivity contribution < 1.29 is 5.11 Å². The fourth-order valence-corrected chi connectivity index (χ4v) is 1.49. The topological polar surface area (TPSA) is 72.0 Å². The molecule has 4 heteroatoms. The van der Waals surface area contributed by atoms with Gasteiger partial charge in [-0.1, -0.05) is 12.1 Å². The minimum Gasteiger partial charge on any atom is -0.507 e. The summed E-state index contributed by atoms with van der Waals surface area (Å²) in [5.41, 5.74) is 6.88. The zero-order valence-corrected chi connectivity index (χ0v) is 8.80. The first-order valence-electron chi connectivity index (χ1n) is 5.11. The number of para-hydroxylation sites is 1. The third-order valence-corrected chi connectivity index (χ3v) is 2.25. The molecule has 1 aromatic heterocycles. The molecule has 0 saturated carbocycles. The summed E-state index contributed by atoms with van der Waals surface area (Å²) in [6.07, 6.45) is 2.32. The van der Waals surface area contributed by atoms with Crippen molar-refractivity contribution in [3.8, 4) is 17.0 Å². The lowest BCUT2D eigenvalue weighted by atomic mass is 10.1. The Labute approximate surface area is 93.8 Å². The highest BCUT2D eigenvalue weighted by molar-refractivity contribution is 5.66. The van der Waals surface area contributed by atoms with E-state index in [0.29, 0.717) is 24.4 Å². The predicted octanol–water partition coefficient (Wildman–Crippen LogP) is 1.35. The largest absolute Gasteiger partial charge is 0.507 e. The average Bonchev–Trinajstić information content (AvgIpc) is 2.30. The molecule has 0 spiro atoms. The Kier molecular flexibility index (Phi) is 3.12. The minimum atomic E-state index is 0.222. The molecule has 1 aromatic carbocycles. The number of rotatable bonds is 3. The van der Waals surface area contributed by atoms with E-state index in [4.69, 9.17) is 5.73 Å². The number of hydrogen-bond acceptors (Lipinski definition) is 4. The first-order chi connectivity index (χ1) is 7.81. The highest BCUT2D eigenvalue weighted by atomic mass is 16.3. The van der Waals surface area contributed by atoms with Crippen LogP contribution in [-0.4, -0.2) is 21.6 Å².